The molecule has 0 heterocycles. The molecule has 19 heavy (non-hydrogen) atoms. The van der Waals surface area contributed by atoms with E-state index in [0.717, 1.165) is 18.5 Å². The van der Waals surface area contributed by atoms with Crippen molar-refractivity contribution in [3.8, 4) is 0 Å². The maximum absolute atomic E-state index is 12.0. The van der Waals surface area contributed by atoms with E-state index in [4.69, 9.17) is 0 Å². The lowest BCUT2D eigenvalue weighted by Crippen LogP contribution is -2.25. The fourth-order valence-electron chi connectivity index (χ4n) is 2.45. The molecule has 0 bridgehead atoms. The van der Waals surface area contributed by atoms with Crippen LogP contribution in [-0.2, 0) is 0 Å². The molecule has 2 rings (SSSR count). The fourth-order valence-corrected chi connectivity index (χ4v) is 2.45. The van der Waals surface area contributed by atoms with Gasteiger partial charge in [-0.1, -0.05) is 17.7 Å². The van der Waals surface area contributed by atoms with E-state index >= 15 is 0 Å². The summed E-state index contributed by atoms with van der Waals surface area (Å²) < 4.78 is 0. The number of carbonyl (C=O) groups excluding carboxylic acids is 1. The van der Waals surface area contributed by atoms with Gasteiger partial charge in [-0.15, -0.1) is 0 Å². The minimum absolute atomic E-state index is 0.0412. The molecule has 0 saturated carbocycles. The predicted molar refractivity (Wildman–Crippen MR) is 79.4 cm³/mol. The lowest BCUT2D eigenvalue weighted by molar-refractivity contribution is 0.0954. The van der Waals surface area contributed by atoms with E-state index in [0.29, 0.717) is 0 Å². The second-order valence-corrected chi connectivity index (χ2v) is 5.41. The molecule has 0 atom stereocenters. The SMILES string of the molecule is Cc1ccc(C(=O)NCCC2=CCCCC2)cc1C. The Balaban J connectivity index is 1.83. The van der Waals surface area contributed by atoms with Gasteiger partial charge in [0.1, 0.15) is 0 Å². The molecule has 1 amide bonds. The Morgan fingerprint density at radius 3 is 2.74 bits per heavy atom. The normalized spacial score (nSPS) is 14.9. The number of amides is 1. The molecule has 0 radical (unpaired) electrons. The minimum atomic E-state index is 0.0412. The van der Waals surface area contributed by atoms with E-state index in [9.17, 15) is 4.79 Å². The molecular formula is C17H23NO. The number of rotatable bonds is 4. The molecule has 2 heteroatoms. The first-order chi connectivity index (χ1) is 9.16. The van der Waals surface area contributed by atoms with Gasteiger partial charge in [0, 0.05) is 12.1 Å². The highest BCUT2D eigenvalue weighted by Gasteiger charge is 2.07. The summed E-state index contributed by atoms with van der Waals surface area (Å²) in [6.45, 7) is 4.85. The van der Waals surface area contributed by atoms with Gasteiger partial charge in [0.15, 0.2) is 0 Å². The first-order valence-electron chi connectivity index (χ1n) is 7.20. The first-order valence-corrected chi connectivity index (χ1v) is 7.20. The summed E-state index contributed by atoms with van der Waals surface area (Å²) in [5.74, 6) is 0.0412. The zero-order valence-electron chi connectivity index (χ0n) is 12.0. The van der Waals surface area contributed by atoms with Crippen molar-refractivity contribution in [1.29, 1.82) is 0 Å². The smallest absolute Gasteiger partial charge is 0.251 e. The van der Waals surface area contributed by atoms with Crippen LogP contribution in [0, 0.1) is 13.8 Å². The first kappa shape index (κ1) is 13.9. The molecule has 1 N–H and O–H groups in total. The van der Waals surface area contributed by atoms with Gasteiger partial charge in [-0.3, -0.25) is 4.79 Å². The van der Waals surface area contributed by atoms with Crippen molar-refractivity contribution in [3.63, 3.8) is 0 Å². The van der Waals surface area contributed by atoms with Crippen LogP contribution in [0.25, 0.3) is 0 Å². The average Bonchev–Trinajstić information content (AvgIpc) is 2.43. The second kappa shape index (κ2) is 6.55. The number of benzene rings is 1. The summed E-state index contributed by atoms with van der Waals surface area (Å²) >= 11 is 0. The minimum Gasteiger partial charge on any atom is -0.352 e. The van der Waals surface area contributed by atoms with Crippen molar-refractivity contribution < 1.29 is 4.79 Å². The molecule has 1 aliphatic rings. The topological polar surface area (TPSA) is 29.1 Å². The van der Waals surface area contributed by atoms with Crippen LogP contribution in [0.15, 0.2) is 29.8 Å². The van der Waals surface area contributed by atoms with Gasteiger partial charge in [0.25, 0.3) is 5.91 Å². The Kier molecular flexibility index (Phi) is 4.78. The zero-order chi connectivity index (χ0) is 13.7. The van der Waals surface area contributed by atoms with Gasteiger partial charge in [0.05, 0.1) is 0 Å². The molecule has 0 unspecified atom stereocenters. The Morgan fingerprint density at radius 1 is 1.21 bits per heavy atom. The third-order valence-corrected chi connectivity index (χ3v) is 3.89. The number of carbonyl (C=O) groups is 1. The summed E-state index contributed by atoms with van der Waals surface area (Å²) in [5.41, 5.74) is 4.67. The maximum Gasteiger partial charge on any atom is 0.251 e. The van der Waals surface area contributed by atoms with Gasteiger partial charge < -0.3 is 5.32 Å². The molecule has 0 fully saturated rings. The molecule has 1 aliphatic carbocycles. The molecule has 0 saturated heterocycles. The van der Waals surface area contributed by atoms with Crippen molar-refractivity contribution in [2.24, 2.45) is 0 Å². The lowest BCUT2D eigenvalue weighted by Gasteiger charge is -2.13. The van der Waals surface area contributed by atoms with Crippen molar-refractivity contribution in [2.75, 3.05) is 6.54 Å². The van der Waals surface area contributed by atoms with Gasteiger partial charge in [-0.05, 0) is 69.2 Å². The van der Waals surface area contributed by atoms with Crippen molar-refractivity contribution in [1.82, 2.24) is 5.32 Å². The van der Waals surface area contributed by atoms with Gasteiger partial charge in [-0.25, -0.2) is 0 Å². The Labute approximate surface area is 115 Å². The van der Waals surface area contributed by atoms with E-state index in [1.165, 1.54) is 42.4 Å². The summed E-state index contributed by atoms with van der Waals surface area (Å²) in [6.07, 6.45) is 8.37. The van der Waals surface area contributed by atoms with Crippen LogP contribution < -0.4 is 5.32 Å². The highest BCUT2D eigenvalue weighted by atomic mass is 16.1. The molecule has 2 nitrogen and oxygen atoms in total. The average molecular weight is 257 g/mol. The van der Waals surface area contributed by atoms with Crippen LogP contribution in [0.5, 0.6) is 0 Å². The van der Waals surface area contributed by atoms with Crippen LogP contribution in [0.2, 0.25) is 0 Å². The molecule has 1 aromatic rings. The van der Waals surface area contributed by atoms with Crippen molar-refractivity contribution in [2.45, 2.75) is 46.0 Å². The van der Waals surface area contributed by atoms with Crippen molar-refractivity contribution >= 4 is 5.91 Å². The summed E-state index contributed by atoms with van der Waals surface area (Å²) in [4.78, 5) is 12.0. The lowest BCUT2D eigenvalue weighted by atomic mass is 9.97. The molecule has 0 aliphatic heterocycles. The van der Waals surface area contributed by atoms with Gasteiger partial charge >= 0.3 is 0 Å². The van der Waals surface area contributed by atoms with E-state index in [-0.39, 0.29) is 5.91 Å². The molecular weight excluding hydrogens is 234 g/mol. The standard InChI is InChI=1S/C17H23NO/c1-13-8-9-16(12-14(13)2)17(19)18-11-10-15-6-4-3-5-7-15/h6,8-9,12H,3-5,7,10-11H2,1-2H3,(H,18,19). The number of nitrogens with one attached hydrogen (secondary N) is 1. The quantitative estimate of drug-likeness (QED) is 0.814. The third-order valence-electron chi connectivity index (χ3n) is 3.89. The summed E-state index contributed by atoms with van der Waals surface area (Å²) in [7, 11) is 0. The van der Waals surface area contributed by atoms with Crippen LogP contribution in [-0.4, -0.2) is 12.5 Å². The van der Waals surface area contributed by atoms with E-state index in [1.807, 2.05) is 25.1 Å². The number of allylic oxidation sites excluding steroid dienone is 1. The zero-order valence-corrected chi connectivity index (χ0v) is 12.0. The molecule has 102 valence electrons. The van der Waals surface area contributed by atoms with Gasteiger partial charge in [0.2, 0.25) is 0 Å². The molecule has 0 aromatic heterocycles. The highest BCUT2D eigenvalue weighted by molar-refractivity contribution is 5.94. The summed E-state index contributed by atoms with van der Waals surface area (Å²) in [6, 6.07) is 5.87. The monoisotopic (exact) mass is 257 g/mol. The van der Waals surface area contributed by atoms with Crippen LogP contribution in [0.4, 0.5) is 0 Å². The Bertz CT molecular complexity index is 488. The van der Waals surface area contributed by atoms with E-state index in [2.05, 4.69) is 18.3 Å². The van der Waals surface area contributed by atoms with E-state index < -0.39 is 0 Å². The van der Waals surface area contributed by atoms with Crippen LogP contribution >= 0.6 is 0 Å². The molecule has 1 aromatic carbocycles. The second-order valence-electron chi connectivity index (χ2n) is 5.41. The number of hydrogen-bond donors (Lipinski definition) is 1. The Hall–Kier alpha value is -1.57. The van der Waals surface area contributed by atoms with E-state index in [1.54, 1.807) is 0 Å². The summed E-state index contributed by atoms with van der Waals surface area (Å²) in [5, 5.41) is 3.01. The molecule has 0 spiro atoms. The van der Waals surface area contributed by atoms with Crippen LogP contribution in [0.1, 0.15) is 53.6 Å². The van der Waals surface area contributed by atoms with Gasteiger partial charge in [-0.2, -0.15) is 0 Å². The predicted octanol–water partition coefficient (Wildman–Crippen LogP) is 3.92. The van der Waals surface area contributed by atoms with Crippen LogP contribution in [0.3, 0.4) is 0 Å². The fraction of sp³-hybridized carbons (Fsp3) is 0.471. The maximum atomic E-state index is 12.0. The number of aryl methyl sites for hydroxylation is 2. The largest absolute Gasteiger partial charge is 0.352 e. The number of hydrogen-bond acceptors (Lipinski definition) is 1. The Morgan fingerprint density at radius 2 is 2.05 bits per heavy atom. The third kappa shape index (κ3) is 3.95. The van der Waals surface area contributed by atoms with Crippen molar-refractivity contribution in [3.05, 3.63) is 46.5 Å². The highest BCUT2D eigenvalue weighted by Crippen LogP contribution is 2.19.